The van der Waals surface area contributed by atoms with Gasteiger partial charge in [-0.2, -0.15) is 0 Å². The SMILES string of the molecule is C=CCc1cccc(S(=O)c2cccc(CC=C)c2OC#N)c1OC#N. The molecule has 6 heteroatoms. The zero-order valence-corrected chi connectivity index (χ0v) is 14.8. The topological polar surface area (TPSA) is 83.1 Å². The van der Waals surface area contributed by atoms with E-state index in [2.05, 4.69) is 13.2 Å². The van der Waals surface area contributed by atoms with Gasteiger partial charge in [-0.3, -0.25) is 0 Å². The normalized spacial score (nSPS) is 9.81. The summed E-state index contributed by atoms with van der Waals surface area (Å²) in [5.74, 6) is 0.454. The minimum absolute atomic E-state index is 0.227. The molecule has 26 heavy (non-hydrogen) atoms. The Labute approximate surface area is 154 Å². The summed E-state index contributed by atoms with van der Waals surface area (Å²) >= 11 is 0. The van der Waals surface area contributed by atoms with Gasteiger partial charge in [0, 0.05) is 11.1 Å². The Balaban J connectivity index is 2.63. The van der Waals surface area contributed by atoms with Crippen molar-refractivity contribution in [3.05, 3.63) is 72.8 Å². The molecule has 0 aliphatic rings. The molecule has 0 bridgehead atoms. The number of ether oxygens (including phenoxy) is 2. The minimum atomic E-state index is -1.72. The third kappa shape index (κ3) is 4.00. The van der Waals surface area contributed by atoms with Crippen molar-refractivity contribution in [1.29, 1.82) is 10.5 Å². The van der Waals surface area contributed by atoms with E-state index in [0.717, 1.165) is 0 Å². The van der Waals surface area contributed by atoms with E-state index in [0.29, 0.717) is 33.8 Å². The molecule has 0 saturated heterocycles. The van der Waals surface area contributed by atoms with E-state index in [-0.39, 0.29) is 11.5 Å². The van der Waals surface area contributed by atoms with Crippen LogP contribution in [-0.2, 0) is 23.6 Å². The Morgan fingerprint density at radius 2 is 1.31 bits per heavy atom. The third-order valence-corrected chi connectivity index (χ3v) is 4.99. The number of allylic oxidation sites excluding steroid dienone is 2. The van der Waals surface area contributed by atoms with E-state index in [4.69, 9.17) is 20.0 Å². The lowest BCUT2D eigenvalue weighted by Crippen LogP contribution is -2.03. The van der Waals surface area contributed by atoms with Crippen molar-refractivity contribution in [1.82, 2.24) is 0 Å². The van der Waals surface area contributed by atoms with Gasteiger partial charge in [-0.25, -0.2) is 4.21 Å². The zero-order chi connectivity index (χ0) is 18.9. The van der Waals surface area contributed by atoms with Gasteiger partial charge in [0.2, 0.25) is 0 Å². The fraction of sp³-hybridized carbons (Fsp3) is 0.100. The van der Waals surface area contributed by atoms with Crippen molar-refractivity contribution in [2.75, 3.05) is 0 Å². The van der Waals surface area contributed by atoms with E-state index >= 15 is 0 Å². The molecule has 0 aliphatic heterocycles. The summed E-state index contributed by atoms with van der Waals surface area (Å²) in [7, 11) is -1.72. The average molecular weight is 364 g/mol. The van der Waals surface area contributed by atoms with Crippen LogP contribution in [0.3, 0.4) is 0 Å². The number of benzene rings is 2. The highest BCUT2D eigenvalue weighted by molar-refractivity contribution is 7.85. The molecule has 2 aromatic rings. The number of hydrogen-bond acceptors (Lipinski definition) is 5. The maximum atomic E-state index is 13.2. The molecule has 2 aromatic carbocycles. The quantitative estimate of drug-likeness (QED) is 0.522. The molecule has 2 rings (SSSR count). The van der Waals surface area contributed by atoms with E-state index in [1.165, 1.54) is 0 Å². The van der Waals surface area contributed by atoms with Crippen LogP contribution in [0.1, 0.15) is 11.1 Å². The van der Waals surface area contributed by atoms with Crippen LogP contribution in [0, 0.1) is 23.0 Å². The highest BCUT2D eigenvalue weighted by Gasteiger charge is 2.21. The van der Waals surface area contributed by atoms with E-state index in [1.807, 2.05) is 0 Å². The monoisotopic (exact) mass is 364 g/mol. The van der Waals surface area contributed by atoms with Crippen molar-refractivity contribution in [2.45, 2.75) is 22.6 Å². The Morgan fingerprint density at radius 1 is 0.885 bits per heavy atom. The summed E-state index contributed by atoms with van der Waals surface area (Å²) < 4.78 is 23.4. The van der Waals surface area contributed by atoms with Crippen molar-refractivity contribution in [2.24, 2.45) is 0 Å². The first-order chi connectivity index (χ1) is 12.7. The maximum Gasteiger partial charge on any atom is 0.292 e. The van der Waals surface area contributed by atoms with Gasteiger partial charge in [-0.05, 0) is 25.0 Å². The lowest BCUT2D eigenvalue weighted by molar-refractivity contribution is 0.483. The minimum Gasteiger partial charge on any atom is -0.386 e. The highest BCUT2D eigenvalue weighted by Crippen LogP contribution is 2.35. The van der Waals surface area contributed by atoms with E-state index in [9.17, 15) is 4.21 Å². The molecular weight excluding hydrogens is 348 g/mol. The average Bonchev–Trinajstić information content (AvgIpc) is 2.64. The maximum absolute atomic E-state index is 13.2. The number of nitrogens with zero attached hydrogens (tertiary/aromatic N) is 2. The number of hydrogen-bond donors (Lipinski definition) is 0. The predicted molar refractivity (Wildman–Crippen MR) is 97.8 cm³/mol. The second-order valence-corrected chi connectivity index (χ2v) is 6.55. The number of nitriles is 2. The first-order valence-corrected chi connectivity index (χ1v) is 8.82. The van der Waals surface area contributed by atoms with Crippen LogP contribution >= 0.6 is 0 Å². The third-order valence-electron chi connectivity index (χ3n) is 3.54. The summed E-state index contributed by atoms with van der Waals surface area (Å²) in [6.07, 6.45) is 7.52. The molecule has 130 valence electrons. The Kier molecular flexibility index (Phi) is 6.73. The highest BCUT2D eigenvalue weighted by atomic mass is 32.2. The first-order valence-electron chi connectivity index (χ1n) is 7.67. The van der Waals surface area contributed by atoms with Gasteiger partial charge >= 0.3 is 0 Å². The second kappa shape index (κ2) is 9.22. The summed E-state index contributed by atoms with van der Waals surface area (Å²) in [6.45, 7) is 7.36. The summed E-state index contributed by atoms with van der Waals surface area (Å²) in [5, 5.41) is 17.9. The smallest absolute Gasteiger partial charge is 0.292 e. The van der Waals surface area contributed by atoms with Crippen LogP contribution in [0.25, 0.3) is 0 Å². The molecule has 0 N–H and O–H groups in total. The van der Waals surface area contributed by atoms with E-state index < -0.39 is 10.8 Å². The van der Waals surface area contributed by atoms with Crippen LogP contribution in [0.2, 0.25) is 0 Å². The van der Waals surface area contributed by atoms with Crippen molar-refractivity contribution >= 4 is 10.8 Å². The number of rotatable bonds is 8. The van der Waals surface area contributed by atoms with Crippen molar-refractivity contribution < 1.29 is 13.7 Å². The number of para-hydroxylation sites is 2. The zero-order valence-electron chi connectivity index (χ0n) is 14.0. The standard InChI is InChI=1S/C20H16N2O3S/c1-3-7-15-9-5-11-17(19(15)24-13-21)26(23)18-12-6-10-16(8-4-2)20(18)25-14-22/h3-6,9-12H,1-2,7-8H2. The van der Waals surface area contributed by atoms with Crippen molar-refractivity contribution in [3.63, 3.8) is 0 Å². The van der Waals surface area contributed by atoms with Gasteiger partial charge in [-0.15, -0.1) is 23.7 Å². The largest absolute Gasteiger partial charge is 0.386 e. The first kappa shape index (κ1) is 19.0. The fourth-order valence-corrected chi connectivity index (χ4v) is 3.81. The van der Waals surface area contributed by atoms with Crippen LogP contribution in [0.5, 0.6) is 11.5 Å². The predicted octanol–water partition coefficient (Wildman–Crippen LogP) is 4.03. The Hall–Kier alpha value is -3.35. The fourth-order valence-electron chi connectivity index (χ4n) is 2.49. The molecule has 0 radical (unpaired) electrons. The van der Waals surface area contributed by atoms with Crippen LogP contribution in [0.15, 0.2) is 71.5 Å². The van der Waals surface area contributed by atoms with Gasteiger partial charge in [0.05, 0.1) is 20.6 Å². The van der Waals surface area contributed by atoms with Crippen LogP contribution in [0.4, 0.5) is 0 Å². The molecule has 5 nitrogen and oxygen atoms in total. The molecule has 0 atom stereocenters. The van der Waals surface area contributed by atoms with Crippen LogP contribution < -0.4 is 9.47 Å². The Morgan fingerprint density at radius 3 is 1.65 bits per heavy atom. The molecule has 0 spiro atoms. The van der Waals surface area contributed by atoms with Gasteiger partial charge in [0.15, 0.2) is 11.5 Å². The molecule has 0 saturated carbocycles. The molecule has 0 aliphatic carbocycles. The van der Waals surface area contributed by atoms with Gasteiger partial charge in [0.25, 0.3) is 12.5 Å². The lowest BCUT2D eigenvalue weighted by atomic mass is 10.1. The molecule has 0 heterocycles. The molecule has 0 amide bonds. The Bertz CT molecular complexity index is 864. The molecule has 0 unspecified atom stereocenters. The summed E-state index contributed by atoms with van der Waals surface area (Å²) in [6, 6.07) is 10.2. The summed E-state index contributed by atoms with van der Waals surface area (Å²) in [4.78, 5) is 0.647. The van der Waals surface area contributed by atoms with Gasteiger partial charge < -0.3 is 9.47 Å². The second-order valence-electron chi connectivity index (χ2n) is 5.13. The molecule has 0 fully saturated rings. The summed E-state index contributed by atoms with van der Waals surface area (Å²) in [5.41, 5.74) is 1.38. The van der Waals surface area contributed by atoms with E-state index in [1.54, 1.807) is 61.1 Å². The molecule has 0 aromatic heterocycles. The lowest BCUT2D eigenvalue weighted by Gasteiger charge is -2.13. The van der Waals surface area contributed by atoms with Gasteiger partial charge in [0.1, 0.15) is 0 Å². The molecular formula is C20H16N2O3S. The van der Waals surface area contributed by atoms with Crippen LogP contribution in [-0.4, -0.2) is 4.21 Å². The van der Waals surface area contributed by atoms with Gasteiger partial charge in [-0.1, -0.05) is 36.4 Å². The van der Waals surface area contributed by atoms with Crippen molar-refractivity contribution in [3.8, 4) is 24.0 Å².